The highest BCUT2D eigenvalue weighted by Crippen LogP contribution is 2.27. The first-order valence-electron chi connectivity index (χ1n) is 9.78. The summed E-state index contributed by atoms with van der Waals surface area (Å²) in [6.07, 6.45) is 5.11. The van der Waals surface area contributed by atoms with Crippen molar-refractivity contribution in [1.29, 1.82) is 0 Å². The zero-order chi connectivity index (χ0) is 22.4. The molecule has 29 heavy (non-hydrogen) atoms. The largest absolute Gasteiger partial charge is 0.460 e. The third-order valence-corrected chi connectivity index (χ3v) is 4.24. The fraction of sp³-hybridized carbons (Fsp3) is 0.667. The van der Waals surface area contributed by atoms with Gasteiger partial charge in [-0.05, 0) is 53.0 Å². The van der Waals surface area contributed by atoms with Crippen LogP contribution < -0.4 is 5.73 Å². The van der Waals surface area contributed by atoms with Crippen LogP contribution >= 0.6 is 0 Å². The van der Waals surface area contributed by atoms with Crippen LogP contribution in [-0.2, 0) is 14.3 Å². The molecule has 2 unspecified atom stereocenters. The monoisotopic (exact) mass is 409 g/mol. The number of nitrogens with zero attached hydrogens (tertiary/aromatic N) is 2. The Bertz CT molecular complexity index is 683. The van der Waals surface area contributed by atoms with Crippen molar-refractivity contribution in [2.75, 3.05) is 13.1 Å². The van der Waals surface area contributed by atoms with Crippen molar-refractivity contribution >= 4 is 17.9 Å². The first kappa shape index (κ1) is 24.5. The molecule has 0 aliphatic heterocycles. The quantitative estimate of drug-likeness (QED) is 0.228. The molecular formula is C21H35N3O5. The second kappa shape index (κ2) is 9.80. The number of ether oxygens (including phenoxy) is 2. The van der Waals surface area contributed by atoms with Gasteiger partial charge in [0.1, 0.15) is 17.0 Å². The number of amidine groups is 1. The summed E-state index contributed by atoms with van der Waals surface area (Å²) in [6.45, 7) is 13.1. The fourth-order valence-electron chi connectivity index (χ4n) is 2.87. The molecule has 1 rings (SSSR count). The Morgan fingerprint density at radius 2 is 1.76 bits per heavy atom. The van der Waals surface area contributed by atoms with Gasteiger partial charge in [-0.25, -0.2) is 4.79 Å². The molecule has 1 aliphatic rings. The van der Waals surface area contributed by atoms with Crippen LogP contribution in [0.5, 0.6) is 0 Å². The van der Waals surface area contributed by atoms with E-state index in [1.807, 2.05) is 25.2 Å². The van der Waals surface area contributed by atoms with Gasteiger partial charge in [-0.15, -0.1) is 0 Å². The Hall–Kier alpha value is -2.51. The summed E-state index contributed by atoms with van der Waals surface area (Å²) in [5.41, 5.74) is 5.45. The van der Waals surface area contributed by atoms with Crippen LogP contribution in [0, 0.1) is 11.8 Å². The summed E-state index contributed by atoms with van der Waals surface area (Å²) < 4.78 is 10.8. The van der Waals surface area contributed by atoms with Crippen LogP contribution in [0.3, 0.4) is 0 Å². The number of amides is 1. The maximum absolute atomic E-state index is 12.7. The van der Waals surface area contributed by atoms with Crippen molar-refractivity contribution < 1.29 is 24.3 Å². The standard InChI is InChI=1S/C21H35N3O5/c1-14-15(9-8-10-16(14)18(22)23-27)13-24(19(26)29-21(5,6)7)12-11-17(25)28-20(2,3)4/h8-10,14,16,27H,11-13H2,1-7H3,(H2,22,23). The van der Waals surface area contributed by atoms with E-state index >= 15 is 0 Å². The molecule has 0 spiro atoms. The van der Waals surface area contributed by atoms with Crippen molar-refractivity contribution in [3.05, 3.63) is 23.8 Å². The van der Waals surface area contributed by atoms with E-state index < -0.39 is 17.3 Å². The molecule has 0 bridgehead atoms. The number of rotatable bonds is 6. The Morgan fingerprint density at radius 3 is 2.28 bits per heavy atom. The Labute approximate surface area is 173 Å². The third-order valence-electron chi connectivity index (χ3n) is 4.24. The van der Waals surface area contributed by atoms with Gasteiger partial charge in [0.2, 0.25) is 0 Å². The lowest BCUT2D eigenvalue weighted by molar-refractivity contribution is -0.155. The summed E-state index contributed by atoms with van der Waals surface area (Å²) in [5.74, 6) is -0.628. The maximum Gasteiger partial charge on any atom is 0.410 e. The van der Waals surface area contributed by atoms with Crippen molar-refractivity contribution in [1.82, 2.24) is 4.90 Å². The van der Waals surface area contributed by atoms with E-state index in [0.717, 1.165) is 5.57 Å². The lowest BCUT2D eigenvalue weighted by Crippen LogP contribution is -2.41. The average molecular weight is 410 g/mol. The lowest BCUT2D eigenvalue weighted by atomic mass is 9.82. The molecule has 0 saturated carbocycles. The van der Waals surface area contributed by atoms with Gasteiger partial charge in [-0.1, -0.05) is 30.3 Å². The third kappa shape index (κ3) is 8.58. The average Bonchev–Trinajstić information content (AvgIpc) is 2.56. The second-order valence-corrected chi connectivity index (χ2v) is 9.20. The molecule has 3 N–H and O–H groups in total. The Morgan fingerprint density at radius 1 is 1.17 bits per heavy atom. The van der Waals surface area contributed by atoms with Gasteiger partial charge >= 0.3 is 12.1 Å². The highest BCUT2D eigenvalue weighted by molar-refractivity contribution is 5.85. The predicted octanol–water partition coefficient (Wildman–Crippen LogP) is 3.45. The zero-order valence-corrected chi connectivity index (χ0v) is 18.6. The van der Waals surface area contributed by atoms with E-state index in [1.165, 1.54) is 4.90 Å². The predicted molar refractivity (Wildman–Crippen MR) is 112 cm³/mol. The van der Waals surface area contributed by atoms with Crippen LogP contribution in [0.1, 0.15) is 54.9 Å². The van der Waals surface area contributed by atoms with Crippen LogP contribution in [0.4, 0.5) is 4.79 Å². The van der Waals surface area contributed by atoms with Crippen LogP contribution in [-0.4, -0.2) is 52.3 Å². The van der Waals surface area contributed by atoms with Gasteiger partial charge < -0.3 is 25.3 Å². The van der Waals surface area contributed by atoms with Gasteiger partial charge in [0.05, 0.1) is 6.42 Å². The van der Waals surface area contributed by atoms with Gasteiger partial charge in [0.25, 0.3) is 0 Å². The molecule has 0 aromatic heterocycles. The minimum absolute atomic E-state index is 0.0533. The summed E-state index contributed by atoms with van der Waals surface area (Å²) in [6, 6.07) is 0. The van der Waals surface area contributed by atoms with E-state index in [9.17, 15) is 9.59 Å². The van der Waals surface area contributed by atoms with Gasteiger partial charge in [0, 0.05) is 19.0 Å². The highest BCUT2D eigenvalue weighted by atomic mass is 16.6. The van der Waals surface area contributed by atoms with Crippen LogP contribution in [0.2, 0.25) is 0 Å². The summed E-state index contributed by atoms with van der Waals surface area (Å²) >= 11 is 0. The molecule has 0 radical (unpaired) electrons. The number of hydrogen-bond acceptors (Lipinski definition) is 6. The molecule has 1 amide bonds. The Kier molecular flexibility index (Phi) is 8.29. The van der Waals surface area contributed by atoms with Gasteiger partial charge in [-0.2, -0.15) is 0 Å². The molecule has 0 aromatic rings. The van der Waals surface area contributed by atoms with E-state index in [2.05, 4.69) is 5.16 Å². The molecule has 8 nitrogen and oxygen atoms in total. The zero-order valence-electron chi connectivity index (χ0n) is 18.6. The molecule has 0 heterocycles. The summed E-state index contributed by atoms with van der Waals surface area (Å²) in [4.78, 5) is 26.3. The molecule has 0 saturated heterocycles. The summed E-state index contributed by atoms with van der Waals surface area (Å²) in [5, 5.41) is 12.1. The van der Waals surface area contributed by atoms with Gasteiger partial charge in [0.15, 0.2) is 0 Å². The first-order chi connectivity index (χ1) is 13.2. The second-order valence-electron chi connectivity index (χ2n) is 9.20. The highest BCUT2D eigenvalue weighted by Gasteiger charge is 2.29. The van der Waals surface area contributed by atoms with Gasteiger partial charge in [-0.3, -0.25) is 4.79 Å². The number of hydrogen-bond donors (Lipinski definition) is 2. The van der Waals surface area contributed by atoms with E-state index in [-0.39, 0.29) is 43.2 Å². The van der Waals surface area contributed by atoms with Crippen molar-refractivity contribution in [3.8, 4) is 0 Å². The number of esters is 1. The lowest BCUT2D eigenvalue weighted by Gasteiger charge is -2.32. The van der Waals surface area contributed by atoms with Crippen LogP contribution in [0.25, 0.3) is 0 Å². The minimum atomic E-state index is -0.662. The topological polar surface area (TPSA) is 114 Å². The van der Waals surface area contributed by atoms with E-state index in [4.69, 9.17) is 20.4 Å². The normalized spacial score (nSPS) is 20.1. The molecule has 0 fully saturated rings. The molecule has 0 aromatic carbocycles. The summed E-state index contributed by atoms with van der Waals surface area (Å²) in [7, 11) is 0. The Balaban J connectivity index is 2.94. The fourth-order valence-corrected chi connectivity index (χ4v) is 2.87. The van der Waals surface area contributed by atoms with Crippen molar-refractivity contribution in [2.45, 2.75) is 66.1 Å². The smallest absolute Gasteiger partial charge is 0.410 e. The number of carbonyl (C=O) groups excluding carboxylic acids is 2. The maximum atomic E-state index is 12.7. The first-order valence-corrected chi connectivity index (χ1v) is 9.78. The molecular weight excluding hydrogens is 374 g/mol. The van der Waals surface area contributed by atoms with Crippen molar-refractivity contribution in [2.24, 2.45) is 22.7 Å². The number of oxime groups is 1. The number of carbonyl (C=O) groups is 2. The number of allylic oxidation sites excluding steroid dienone is 2. The number of nitrogens with two attached hydrogens (primary N) is 1. The molecule has 2 atom stereocenters. The SMILES string of the molecule is CC1C(CN(CCC(=O)OC(C)(C)C)C(=O)OC(C)(C)C)=CC=CC1/C(N)=N/O. The van der Waals surface area contributed by atoms with Crippen molar-refractivity contribution in [3.63, 3.8) is 0 Å². The molecule has 8 heteroatoms. The van der Waals surface area contributed by atoms with E-state index in [1.54, 1.807) is 41.5 Å². The van der Waals surface area contributed by atoms with Crippen LogP contribution in [0.15, 0.2) is 29.0 Å². The minimum Gasteiger partial charge on any atom is -0.460 e. The molecule has 164 valence electrons. The molecule has 1 aliphatic carbocycles. The van der Waals surface area contributed by atoms with E-state index in [0.29, 0.717) is 0 Å².